The van der Waals surface area contributed by atoms with Crippen molar-refractivity contribution >= 4 is 32.8 Å². The molecule has 9 aromatic rings. The Bertz CT molecular complexity index is 3190. The first-order valence-corrected chi connectivity index (χ1v) is 19.8. The second kappa shape index (κ2) is 13.8. The summed E-state index contributed by atoms with van der Waals surface area (Å²) in [7, 11) is 0. The molecule has 272 valence electrons. The van der Waals surface area contributed by atoms with Gasteiger partial charge in [0.2, 0.25) is 0 Å². The molecule has 3 heterocycles. The predicted octanol–water partition coefficient (Wildman–Crippen LogP) is 12.3. The van der Waals surface area contributed by atoms with Gasteiger partial charge in [0.25, 0.3) is 0 Å². The minimum Gasteiger partial charge on any atom is -0.238 e. The van der Waals surface area contributed by atoms with E-state index in [0.717, 1.165) is 75.3 Å². The molecule has 55 heavy (non-hydrogen) atoms. The van der Waals surface area contributed by atoms with E-state index in [0.29, 0.717) is 32.2 Å². The number of aromatic nitrogens is 4. The van der Waals surface area contributed by atoms with Gasteiger partial charge in [0.1, 0.15) is 0 Å². The number of aryl methyl sites for hydroxylation is 3. The molecule has 1 aliphatic rings. The van der Waals surface area contributed by atoms with Crippen LogP contribution in [0.4, 0.5) is 0 Å². The topological polar surface area (TPSA) is 36.9 Å². The van der Waals surface area contributed by atoms with E-state index in [-0.39, 0.29) is 11.6 Å². The average molecular weight is 902 g/mol. The first-order valence-electron chi connectivity index (χ1n) is 21.6. The van der Waals surface area contributed by atoms with Gasteiger partial charge in [-0.2, -0.15) is 0 Å². The third kappa shape index (κ3) is 5.89. The van der Waals surface area contributed by atoms with E-state index >= 15 is 0 Å². The number of imidazole rings is 1. The Hall–Kier alpha value is -5.77. The van der Waals surface area contributed by atoms with Crippen LogP contribution in [0.25, 0.3) is 60.9 Å². The fourth-order valence-corrected chi connectivity index (χ4v) is 9.26. The molecular weight excluding hydrogens is 856 g/mol. The summed E-state index contributed by atoms with van der Waals surface area (Å²) in [5, 5.41) is 1.98. The molecule has 0 N–H and O–H groups in total. The van der Waals surface area contributed by atoms with Crippen molar-refractivity contribution in [2.75, 3.05) is 0 Å². The van der Waals surface area contributed by atoms with Gasteiger partial charge in [-0.15, -0.1) is 0 Å². The van der Waals surface area contributed by atoms with Crippen molar-refractivity contribution in [2.24, 2.45) is 6.98 Å². The second-order valence-corrected chi connectivity index (χ2v) is 15.2. The standard InChI is InChI=1S/C49H40N4O.Pt/c1-33-27-49(50-31-43(33)35-15-7-4-8-16-35)53-45-26-22-37(34-13-5-3-6-14-34)28-42(45)40-25-24-39(30-48(40)53)54-38-23-21-36-17-9-10-18-44(41(36)29-38)52-32-51(2)46-19-11-12-20-47(46)52;/h3-8,11-16,19-31,44H,9-10,17-18H2,1-2H3;/i1D3,2D3;. The molecule has 0 aliphatic heterocycles. The molecule has 0 spiro atoms. The molecule has 0 saturated carbocycles. The molecule has 0 radical (unpaired) electrons. The third-order valence-corrected chi connectivity index (χ3v) is 12.0. The maximum absolute atomic E-state index is 8.57. The summed E-state index contributed by atoms with van der Waals surface area (Å²) < 4.78 is 64.0. The Kier molecular flexibility index (Phi) is 6.97. The Morgan fingerprint density at radius 2 is 1.44 bits per heavy atom. The van der Waals surface area contributed by atoms with E-state index in [1.807, 2.05) is 95.6 Å². The van der Waals surface area contributed by atoms with Gasteiger partial charge in [0, 0.05) is 15.9 Å². The maximum Gasteiger partial charge on any atom is 0.0374 e. The first kappa shape index (κ1) is 27.8. The average Bonchev–Trinajstić information content (AvgIpc) is 3.65. The summed E-state index contributed by atoms with van der Waals surface area (Å²) in [6.45, 7) is -4.73. The summed E-state index contributed by atoms with van der Waals surface area (Å²) in [6.07, 6.45) is 5.49. The molecule has 1 aliphatic carbocycles. The zero-order chi connectivity index (χ0) is 42.0. The molecule has 1 unspecified atom stereocenters. The number of ether oxygens (including phenoxy) is 1. The van der Waals surface area contributed by atoms with E-state index in [4.69, 9.17) is 17.9 Å². The van der Waals surface area contributed by atoms with Gasteiger partial charge in [-0.05, 0) is 47.3 Å². The van der Waals surface area contributed by atoms with Gasteiger partial charge in [0.15, 0.2) is 0 Å². The molecule has 6 heteroatoms. The quantitative estimate of drug-likeness (QED) is 0.156. The van der Waals surface area contributed by atoms with Gasteiger partial charge in [-0.1, -0.05) is 66.7 Å². The van der Waals surface area contributed by atoms with Crippen molar-refractivity contribution < 1.29 is 32.3 Å². The van der Waals surface area contributed by atoms with Gasteiger partial charge >= 0.3 is 206 Å². The van der Waals surface area contributed by atoms with Crippen molar-refractivity contribution in [1.29, 1.82) is 0 Å². The summed E-state index contributed by atoms with van der Waals surface area (Å²) in [6, 6.07) is 47.8. The summed E-state index contributed by atoms with van der Waals surface area (Å²) in [5.74, 6) is 1.78. The van der Waals surface area contributed by atoms with Crippen LogP contribution in [0, 0.1) is 10.7 Å². The monoisotopic (exact) mass is 901 g/mol. The Labute approximate surface area is 339 Å². The van der Waals surface area contributed by atoms with Crippen molar-refractivity contribution in [1.82, 2.24) is 18.7 Å². The van der Waals surface area contributed by atoms with Crippen LogP contribution in [0.15, 0.2) is 152 Å². The Morgan fingerprint density at radius 3 is 2.25 bits per heavy atom. The van der Waals surface area contributed by atoms with Gasteiger partial charge in [0.05, 0.1) is 0 Å². The van der Waals surface area contributed by atoms with Gasteiger partial charge < -0.3 is 0 Å². The van der Waals surface area contributed by atoms with Crippen molar-refractivity contribution in [3.8, 4) is 39.6 Å². The number of fused-ring (bicyclic) bond motifs is 5. The van der Waals surface area contributed by atoms with Crippen LogP contribution < -0.4 is 4.74 Å². The fourth-order valence-electron chi connectivity index (χ4n) is 8.36. The Morgan fingerprint density at radius 1 is 0.673 bits per heavy atom. The van der Waals surface area contributed by atoms with Crippen LogP contribution >= 0.6 is 0 Å². The van der Waals surface area contributed by atoms with Crippen LogP contribution in [-0.4, -0.2) is 18.7 Å². The zero-order valence-corrected chi connectivity index (χ0v) is 32.1. The smallest absolute Gasteiger partial charge is 0.0374 e. The summed E-state index contributed by atoms with van der Waals surface area (Å²) in [5.41, 5.74) is 9.36. The minimum atomic E-state index is -2.39. The number of rotatable bonds is 6. The molecule has 6 aromatic carbocycles. The maximum atomic E-state index is 8.57. The molecule has 1 atom stereocenters. The number of nitrogens with zero attached hydrogens (tertiary/aromatic N) is 4. The largest absolute Gasteiger partial charge is 0.238 e. The minimum absolute atomic E-state index is 0.0942. The number of hydrogen-bond acceptors (Lipinski definition) is 2. The molecule has 5 nitrogen and oxygen atoms in total. The van der Waals surface area contributed by atoms with Gasteiger partial charge in [-0.25, -0.2) is 4.98 Å². The fraction of sp³-hybridized carbons (Fsp3) is 0.143. The van der Waals surface area contributed by atoms with Crippen LogP contribution in [0.2, 0.25) is 0 Å². The number of pyridine rings is 1. The summed E-state index contributed by atoms with van der Waals surface area (Å²) >= 11 is 2.17. The molecular formula is C49H40N4OPt. The van der Waals surface area contributed by atoms with E-state index in [9.17, 15) is 0 Å². The van der Waals surface area contributed by atoms with Crippen LogP contribution in [0.5, 0.6) is 11.5 Å². The predicted molar refractivity (Wildman–Crippen MR) is 221 cm³/mol. The van der Waals surface area contributed by atoms with Gasteiger partial charge in [-0.3, -0.25) is 0 Å². The first-order chi connectivity index (χ1) is 29.4. The number of para-hydroxylation sites is 2. The van der Waals surface area contributed by atoms with E-state index in [2.05, 4.69) is 72.5 Å². The number of hydrogen-bond donors (Lipinski definition) is 0. The van der Waals surface area contributed by atoms with Crippen LogP contribution in [0.3, 0.4) is 0 Å². The molecule has 10 rings (SSSR count). The third-order valence-electron chi connectivity index (χ3n) is 11.0. The van der Waals surface area contributed by atoms with E-state index in [1.165, 1.54) is 10.1 Å². The molecule has 0 bridgehead atoms. The zero-order valence-electron chi connectivity index (χ0n) is 35.9. The Balaban J connectivity index is 1.11. The van der Waals surface area contributed by atoms with Crippen LogP contribution in [-0.2, 0) is 32.8 Å². The normalized spacial score (nSPS) is 16.4. The summed E-state index contributed by atoms with van der Waals surface area (Å²) in [4.78, 5) is 4.94. The molecule has 0 fully saturated rings. The molecule has 0 saturated heterocycles. The van der Waals surface area contributed by atoms with Crippen molar-refractivity contribution in [3.63, 3.8) is 0 Å². The van der Waals surface area contributed by atoms with Crippen LogP contribution in [0.1, 0.15) is 50.2 Å². The molecule has 0 amide bonds. The SMILES string of the molecule is [2H]C([2H])([2H])c1cc(-n2c3ccc(-c4ccccc4)cc3c3ccc(Oc4ccc5c(c4)C(n4[c](=[Pt])n(C([2H])([2H])[2H])c6ccccc64)CCCC5)cc32)ncc1-c1ccccc1. The van der Waals surface area contributed by atoms with Crippen molar-refractivity contribution in [3.05, 3.63) is 172 Å². The van der Waals surface area contributed by atoms with Crippen molar-refractivity contribution in [2.45, 2.75) is 38.6 Å². The van der Waals surface area contributed by atoms with E-state index < -0.39 is 13.8 Å². The molecule has 3 aromatic heterocycles. The second-order valence-electron chi connectivity index (χ2n) is 14.2. The van der Waals surface area contributed by atoms with E-state index in [1.54, 1.807) is 12.3 Å². The number of benzene rings is 6.